The summed E-state index contributed by atoms with van der Waals surface area (Å²) in [6.45, 7) is 4.89. The lowest BCUT2D eigenvalue weighted by atomic mass is 10.3. The van der Waals surface area contributed by atoms with E-state index in [0.717, 1.165) is 26.2 Å². The molecule has 0 aliphatic heterocycles. The van der Waals surface area contributed by atoms with Crippen molar-refractivity contribution in [2.75, 3.05) is 30.8 Å². The molecule has 0 radical (unpaired) electrons. The lowest BCUT2D eigenvalue weighted by Crippen LogP contribution is -2.28. The normalized spacial score (nSPS) is 10.3. The number of methoxy groups -OCH3 is 1. The zero-order valence-corrected chi connectivity index (χ0v) is 20.6. The second-order valence-corrected chi connectivity index (χ2v) is 8.90. The van der Waals surface area contributed by atoms with Gasteiger partial charge in [0.15, 0.2) is 10.3 Å². The monoisotopic (exact) mass is 506 g/mol. The standard InChI is InChI=1S/C11H13N3O2S.C10H10ClN3OS/c1-3-12-10(15)14-11-13-8-5-4-7(16-2)6-9(8)17-11;1-2-12-9(15)14-10-13-8-6(11)4-3-5-7(8)16-10/h4-6H,3H2,1-2H3,(H2,12,13,14,15);3-5H,2H2,1H3,(H2,12,13,14,15). The van der Waals surface area contributed by atoms with Crippen LogP contribution in [0, 0.1) is 0 Å². The lowest BCUT2D eigenvalue weighted by molar-refractivity contribution is 0.251. The molecule has 0 bridgehead atoms. The van der Waals surface area contributed by atoms with Crippen LogP contribution in [0.5, 0.6) is 5.75 Å². The number of amides is 4. The van der Waals surface area contributed by atoms with Crippen LogP contribution >= 0.6 is 34.3 Å². The van der Waals surface area contributed by atoms with Crippen molar-refractivity contribution in [2.45, 2.75) is 13.8 Å². The summed E-state index contributed by atoms with van der Waals surface area (Å²) < 4.78 is 7.07. The number of aromatic nitrogens is 2. The molecular weight excluding hydrogens is 484 g/mol. The molecule has 0 aliphatic rings. The highest BCUT2D eigenvalue weighted by Crippen LogP contribution is 2.30. The number of hydrogen-bond donors (Lipinski definition) is 4. The molecule has 0 atom stereocenters. The largest absolute Gasteiger partial charge is 0.497 e. The van der Waals surface area contributed by atoms with Gasteiger partial charge in [-0.25, -0.2) is 19.6 Å². The van der Waals surface area contributed by atoms with Crippen LogP contribution in [-0.4, -0.2) is 42.2 Å². The van der Waals surface area contributed by atoms with Gasteiger partial charge >= 0.3 is 12.1 Å². The van der Waals surface area contributed by atoms with Gasteiger partial charge in [0, 0.05) is 13.1 Å². The summed E-state index contributed by atoms with van der Waals surface area (Å²) in [6, 6.07) is 10.7. The Labute approximate surface area is 203 Å². The van der Waals surface area contributed by atoms with Crippen molar-refractivity contribution in [2.24, 2.45) is 0 Å². The summed E-state index contributed by atoms with van der Waals surface area (Å²) in [7, 11) is 1.62. The van der Waals surface area contributed by atoms with E-state index >= 15 is 0 Å². The number of fused-ring (bicyclic) bond motifs is 2. The van der Waals surface area contributed by atoms with Crippen LogP contribution in [0.3, 0.4) is 0 Å². The number of hydrogen-bond acceptors (Lipinski definition) is 7. The topological polar surface area (TPSA) is 117 Å². The van der Waals surface area contributed by atoms with Gasteiger partial charge in [-0.2, -0.15) is 0 Å². The predicted molar refractivity (Wildman–Crippen MR) is 136 cm³/mol. The van der Waals surface area contributed by atoms with Gasteiger partial charge in [0.2, 0.25) is 0 Å². The maximum Gasteiger partial charge on any atom is 0.321 e. The second-order valence-electron chi connectivity index (χ2n) is 6.43. The van der Waals surface area contributed by atoms with Crippen molar-refractivity contribution >= 4 is 77.0 Å². The molecule has 9 nitrogen and oxygen atoms in total. The average molecular weight is 507 g/mol. The Kier molecular flexibility index (Phi) is 8.64. The van der Waals surface area contributed by atoms with Gasteiger partial charge in [0.05, 0.1) is 27.0 Å². The number of rotatable bonds is 5. The predicted octanol–water partition coefficient (Wildman–Crippen LogP) is 5.54. The molecule has 2 aromatic carbocycles. The Hall–Kier alpha value is -3.15. The zero-order chi connectivity index (χ0) is 23.8. The first kappa shape index (κ1) is 24.5. The minimum absolute atomic E-state index is 0.237. The lowest BCUT2D eigenvalue weighted by Gasteiger charge is -2.00. The highest BCUT2D eigenvalue weighted by atomic mass is 35.5. The van der Waals surface area contributed by atoms with Crippen LogP contribution in [0.1, 0.15) is 13.8 Å². The van der Waals surface area contributed by atoms with Crippen molar-refractivity contribution in [3.05, 3.63) is 41.4 Å². The molecule has 2 aromatic heterocycles. The molecule has 2 heterocycles. The minimum atomic E-state index is -0.252. The zero-order valence-electron chi connectivity index (χ0n) is 18.2. The van der Waals surface area contributed by atoms with Crippen molar-refractivity contribution in [1.82, 2.24) is 20.6 Å². The van der Waals surface area contributed by atoms with Crippen LogP contribution < -0.4 is 26.0 Å². The maximum atomic E-state index is 11.3. The highest BCUT2D eigenvalue weighted by Gasteiger charge is 2.09. The van der Waals surface area contributed by atoms with E-state index in [4.69, 9.17) is 16.3 Å². The molecular formula is C21H23ClN6O3S2. The molecule has 33 heavy (non-hydrogen) atoms. The van der Waals surface area contributed by atoms with Gasteiger partial charge < -0.3 is 15.4 Å². The number of para-hydroxylation sites is 1. The molecule has 0 saturated heterocycles. The van der Waals surface area contributed by atoms with E-state index in [9.17, 15) is 9.59 Å². The SMILES string of the molecule is CCNC(=O)Nc1nc2c(Cl)cccc2s1.CCNC(=O)Nc1nc2ccc(OC)cc2s1. The van der Waals surface area contributed by atoms with Crippen LogP contribution in [-0.2, 0) is 0 Å². The minimum Gasteiger partial charge on any atom is -0.497 e. The number of nitrogens with zero attached hydrogens (tertiary/aromatic N) is 2. The fourth-order valence-corrected chi connectivity index (χ4v) is 4.71. The Balaban J connectivity index is 0.000000186. The molecule has 4 N–H and O–H groups in total. The van der Waals surface area contributed by atoms with Gasteiger partial charge in [-0.3, -0.25) is 10.6 Å². The average Bonchev–Trinajstić information content (AvgIpc) is 3.37. The van der Waals surface area contributed by atoms with E-state index in [-0.39, 0.29) is 12.1 Å². The molecule has 174 valence electrons. The summed E-state index contributed by atoms with van der Waals surface area (Å²) in [5.74, 6) is 0.783. The van der Waals surface area contributed by atoms with E-state index in [1.807, 2.05) is 44.2 Å². The van der Waals surface area contributed by atoms with Gasteiger partial charge in [0.1, 0.15) is 11.3 Å². The summed E-state index contributed by atoms with van der Waals surface area (Å²) >= 11 is 8.80. The number of anilines is 2. The molecule has 4 rings (SSSR count). The van der Waals surface area contributed by atoms with Crippen LogP contribution in [0.4, 0.5) is 19.9 Å². The van der Waals surface area contributed by atoms with Crippen LogP contribution in [0.15, 0.2) is 36.4 Å². The number of carbonyl (C=O) groups excluding carboxylic acids is 2. The van der Waals surface area contributed by atoms with Gasteiger partial charge in [-0.05, 0) is 44.2 Å². The van der Waals surface area contributed by atoms with Crippen molar-refractivity contribution in [3.8, 4) is 5.75 Å². The number of thiazole rings is 2. The first-order valence-electron chi connectivity index (χ1n) is 10.0. The third-order valence-corrected chi connectivity index (χ3v) is 6.26. The number of carbonyl (C=O) groups is 2. The summed E-state index contributed by atoms with van der Waals surface area (Å²) in [5.41, 5.74) is 1.57. The number of nitrogens with one attached hydrogen (secondary N) is 4. The van der Waals surface area contributed by atoms with E-state index in [0.29, 0.717) is 28.4 Å². The molecule has 0 aliphatic carbocycles. The number of halogens is 1. The summed E-state index contributed by atoms with van der Waals surface area (Å²) in [4.78, 5) is 31.2. The van der Waals surface area contributed by atoms with Gasteiger partial charge in [-0.1, -0.05) is 40.3 Å². The Morgan fingerprint density at radius 2 is 1.58 bits per heavy atom. The third kappa shape index (κ3) is 6.67. The summed E-state index contributed by atoms with van der Waals surface area (Å²) in [6.07, 6.45) is 0. The van der Waals surface area contributed by atoms with Crippen LogP contribution in [0.2, 0.25) is 5.02 Å². The Morgan fingerprint density at radius 1 is 0.939 bits per heavy atom. The van der Waals surface area contributed by atoms with Crippen LogP contribution in [0.25, 0.3) is 20.4 Å². The quantitative estimate of drug-likeness (QED) is 0.283. The fourth-order valence-electron chi connectivity index (χ4n) is 2.66. The van der Waals surface area contributed by atoms with Crippen molar-refractivity contribution in [1.29, 1.82) is 0 Å². The molecule has 0 unspecified atom stereocenters. The first-order valence-corrected chi connectivity index (χ1v) is 12.0. The molecule has 0 saturated carbocycles. The molecule has 0 fully saturated rings. The number of benzene rings is 2. The van der Waals surface area contributed by atoms with Crippen molar-refractivity contribution < 1.29 is 14.3 Å². The number of ether oxygens (including phenoxy) is 1. The van der Waals surface area contributed by atoms with Crippen molar-refractivity contribution in [3.63, 3.8) is 0 Å². The fraction of sp³-hybridized carbons (Fsp3) is 0.238. The molecule has 12 heteroatoms. The first-order chi connectivity index (χ1) is 15.9. The van der Waals surface area contributed by atoms with Gasteiger partial charge in [-0.15, -0.1) is 0 Å². The maximum absolute atomic E-state index is 11.3. The second kappa shape index (κ2) is 11.6. The molecule has 4 amide bonds. The highest BCUT2D eigenvalue weighted by molar-refractivity contribution is 7.22. The van der Waals surface area contributed by atoms with E-state index in [1.165, 1.54) is 22.7 Å². The third-order valence-electron chi connectivity index (χ3n) is 4.08. The summed E-state index contributed by atoms with van der Waals surface area (Å²) in [5, 5.41) is 12.4. The van der Waals surface area contributed by atoms with E-state index < -0.39 is 0 Å². The van der Waals surface area contributed by atoms with E-state index in [2.05, 4.69) is 31.2 Å². The smallest absolute Gasteiger partial charge is 0.321 e. The number of urea groups is 2. The Morgan fingerprint density at radius 3 is 2.18 bits per heavy atom. The van der Waals surface area contributed by atoms with E-state index in [1.54, 1.807) is 13.2 Å². The Bertz CT molecular complexity index is 1260. The molecule has 4 aromatic rings. The van der Waals surface area contributed by atoms with Gasteiger partial charge in [0.25, 0.3) is 0 Å². The molecule has 0 spiro atoms.